The Balaban J connectivity index is 1.68. The van der Waals surface area contributed by atoms with E-state index in [-0.39, 0.29) is 5.78 Å². The standard InChI is InChI=1S/C20H20O6/c1-13(19(21)14-4-7-16(23-2)8-5-14)26-20(22)15-6-9-17-18(12-15)25-11-3-10-24-17/h4-9,12-13H,3,10-11H2,1-2H3/t13-/m0/s1. The lowest BCUT2D eigenvalue weighted by Crippen LogP contribution is -2.24. The van der Waals surface area contributed by atoms with E-state index in [2.05, 4.69) is 0 Å². The average Bonchev–Trinajstić information content (AvgIpc) is 2.92. The Kier molecular flexibility index (Phi) is 5.41. The highest BCUT2D eigenvalue weighted by Crippen LogP contribution is 2.30. The molecule has 0 fully saturated rings. The topological polar surface area (TPSA) is 71.1 Å². The summed E-state index contributed by atoms with van der Waals surface area (Å²) in [5.74, 6) is 0.885. The number of Topliss-reactive ketones (excluding diaryl/α,β-unsaturated/α-hetero) is 1. The Morgan fingerprint density at radius 3 is 2.31 bits per heavy atom. The predicted octanol–water partition coefficient (Wildman–Crippen LogP) is 3.28. The van der Waals surface area contributed by atoms with E-state index >= 15 is 0 Å². The Morgan fingerprint density at radius 2 is 1.62 bits per heavy atom. The molecule has 0 amide bonds. The summed E-state index contributed by atoms with van der Waals surface area (Å²) in [5, 5.41) is 0. The van der Waals surface area contributed by atoms with Crippen LogP contribution in [0, 0.1) is 0 Å². The molecule has 0 bridgehead atoms. The number of esters is 1. The molecule has 2 aromatic rings. The first-order valence-corrected chi connectivity index (χ1v) is 8.37. The van der Waals surface area contributed by atoms with Gasteiger partial charge in [-0.1, -0.05) is 0 Å². The van der Waals surface area contributed by atoms with Crippen molar-refractivity contribution in [1.29, 1.82) is 0 Å². The fraction of sp³-hybridized carbons (Fsp3) is 0.300. The van der Waals surface area contributed by atoms with E-state index in [0.29, 0.717) is 41.6 Å². The van der Waals surface area contributed by atoms with Gasteiger partial charge in [0, 0.05) is 12.0 Å². The van der Waals surface area contributed by atoms with Gasteiger partial charge in [0.2, 0.25) is 5.78 Å². The van der Waals surface area contributed by atoms with Crippen LogP contribution in [0.1, 0.15) is 34.1 Å². The van der Waals surface area contributed by atoms with Crippen LogP contribution in [0.2, 0.25) is 0 Å². The van der Waals surface area contributed by atoms with Crippen molar-refractivity contribution in [3.63, 3.8) is 0 Å². The van der Waals surface area contributed by atoms with Crippen LogP contribution < -0.4 is 14.2 Å². The molecular formula is C20H20O6. The van der Waals surface area contributed by atoms with Crippen LogP contribution >= 0.6 is 0 Å². The van der Waals surface area contributed by atoms with E-state index in [1.807, 2.05) is 0 Å². The first kappa shape index (κ1) is 17.8. The molecule has 136 valence electrons. The molecule has 1 heterocycles. The molecule has 0 aromatic heterocycles. The summed E-state index contributed by atoms with van der Waals surface area (Å²) in [7, 11) is 1.55. The predicted molar refractivity (Wildman–Crippen MR) is 94.3 cm³/mol. The summed E-state index contributed by atoms with van der Waals surface area (Å²) in [6, 6.07) is 11.5. The molecule has 0 saturated heterocycles. The third kappa shape index (κ3) is 3.96. The van der Waals surface area contributed by atoms with Crippen molar-refractivity contribution >= 4 is 11.8 Å². The van der Waals surface area contributed by atoms with Crippen LogP contribution in [-0.2, 0) is 4.74 Å². The third-order valence-electron chi connectivity index (χ3n) is 4.01. The number of carbonyl (C=O) groups excluding carboxylic acids is 2. The fourth-order valence-corrected chi connectivity index (χ4v) is 2.56. The smallest absolute Gasteiger partial charge is 0.338 e. The molecule has 6 heteroatoms. The Bertz CT molecular complexity index is 796. The van der Waals surface area contributed by atoms with Crippen LogP contribution in [-0.4, -0.2) is 38.2 Å². The Labute approximate surface area is 151 Å². The molecule has 0 N–H and O–H groups in total. The second-order valence-corrected chi connectivity index (χ2v) is 5.85. The van der Waals surface area contributed by atoms with Crippen molar-refractivity contribution in [1.82, 2.24) is 0 Å². The van der Waals surface area contributed by atoms with Crippen molar-refractivity contribution < 1.29 is 28.5 Å². The maximum absolute atomic E-state index is 12.4. The normalized spacial score (nSPS) is 14.1. The zero-order valence-electron chi connectivity index (χ0n) is 14.7. The number of ether oxygens (including phenoxy) is 4. The van der Waals surface area contributed by atoms with E-state index in [4.69, 9.17) is 18.9 Å². The zero-order chi connectivity index (χ0) is 18.5. The van der Waals surface area contributed by atoms with Gasteiger partial charge in [-0.25, -0.2) is 4.79 Å². The quantitative estimate of drug-likeness (QED) is 0.605. The van der Waals surface area contributed by atoms with Gasteiger partial charge in [-0.2, -0.15) is 0 Å². The SMILES string of the molecule is COc1ccc(C(=O)[C@H](C)OC(=O)c2ccc3c(c2)OCCCO3)cc1. The summed E-state index contributed by atoms with van der Waals surface area (Å²) in [6.07, 6.45) is -0.131. The van der Waals surface area contributed by atoms with Gasteiger partial charge in [0.05, 0.1) is 25.9 Å². The van der Waals surface area contributed by atoms with Gasteiger partial charge in [0.15, 0.2) is 17.6 Å². The van der Waals surface area contributed by atoms with Gasteiger partial charge in [0.1, 0.15) is 5.75 Å². The van der Waals surface area contributed by atoms with E-state index in [1.165, 1.54) is 0 Å². The molecule has 0 spiro atoms. The number of fused-ring (bicyclic) bond motifs is 1. The highest BCUT2D eigenvalue weighted by molar-refractivity contribution is 6.01. The number of carbonyl (C=O) groups is 2. The van der Waals surface area contributed by atoms with Crippen molar-refractivity contribution in [3.05, 3.63) is 53.6 Å². The summed E-state index contributed by atoms with van der Waals surface area (Å²) in [4.78, 5) is 24.8. The molecule has 0 unspecified atom stereocenters. The summed E-state index contributed by atoms with van der Waals surface area (Å²) >= 11 is 0. The second-order valence-electron chi connectivity index (χ2n) is 5.85. The lowest BCUT2D eigenvalue weighted by molar-refractivity contribution is 0.0318. The average molecular weight is 356 g/mol. The number of ketones is 1. The first-order chi connectivity index (χ1) is 12.6. The van der Waals surface area contributed by atoms with Crippen LogP contribution in [0.5, 0.6) is 17.2 Å². The second kappa shape index (κ2) is 7.91. The zero-order valence-corrected chi connectivity index (χ0v) is 14.7. The van der Waals surface area contributed by atoms with Crippen molar-refractivity contribution in [3.8, 4) is 17.2 Å². The minimum absolute atomic E-state index is 0.282. The molecule has 2 aromatic carbocycles. The number of methoxy groups -OCH3 is 1. The number of benzene rings is 2. The van der Waals surface area contributed by atoms with Gasteiger partial charge in [0.25, 0.3) is 0 Å². The van der Waals surface area contributed by atoms with E-state index in [0.717, 1.165) is 6.42 Å². The van der Waals surface area contributed by atoms with Gasteiger partial charge in [-0.3, -0.25) is 4.79 Å². The Hall–Kier alpha value is -3.02. The molecule has 0 aliphatic carbocycles. The van der Waals surface area contributed by atoms with Crippen molar-refractivity contribution in [2.75, 3.05) is 20.3 Å². The molecular weight excluding hydrogens is 336 g/mol. The monoisotopic (exact) mass is 356 g/mol. The lowest BCUT2D eigenvalue weighted by atomic mass is 10.1. The van der Waals surface area contributed by atoms with Gasteiger partial charge in [-0.05, 0) is 49.4 Å². The van der Waals surface area contributed by atoms with Gasteiger partial charge >= 0.3 is 5.97 Å². The Morgan fingerprint density at radius 1 is 0.962 bits per heavy atom. The van der Waals surface area contributed by atoms with E-state index < -0.39 is 12.1 Å². The molecule has 1 aliphatic rings. The molecule has 0 radical (unpaired) electrons. The summed E-state index contributed by atoms with van der Waals surface area (Å²) < 4.78 is 21.5. The van der Waals surface area contributed by atoms with E-state index in [1.54, 1.807) is 56.5 Å². The molecule has 6 nitrogen and oxygen atoms in total. The molecule has 3 rings (SSSR count). The summed E-state index contributed by atoms with van der Waals surface area (Å²) in [5.41, 5.74) is 0.758. The lowest BCUT2D eigenvalue weighted by Gasteiger charge is -2.14. The third-order valence-corrected chi connectivity index (χ3v) is 4.01. The van der Waals surface area contributed by atoms with E-state index in [9.17, 15) is 9.59 Å². The maximum Gasteiger partial charge on any atom is 0.338 e. The number of hydrogen-bond acceptors (Lipinski definition) is 6. The molecule has 1 atom stereocenters. The van der Waals surface area contributed by atoms with Gasteiger partial charge in [-0.15, -0.1) is 0 Å². The minimum atomic E-state index is -0.910. The van der Waals surface area contributed by atoms with Gasteiger partial charge < -0.3 is 18.9 Å². The van der Waals surface area contributed by atoms with Crippen LogP contribution in [0.3, 0.4) is 0 Å². The minimum Gasteiger partial charge on any atom is -0.497 e. The highest BCUT2D eigenvalue weighted by Gasteiger charge is 2.22. The molecule has 26 heavy (non-hydrogen) atoms. The van der Waals surface area contributed by atoms with Crippen molar-refractivity contribution in [2.24, 2.45) is 0 Å². The van der Waals surface area contributed by atoms with Crippen LogP contribution in [0.15, 0.2) is 42.5 Å². The fourth-order valence-electron chi connectivity index (χ4n) is 2.56. The molecule has 0 saturated carbocycles. The maximum atomic E-state index is 12.4. The number of hydrogen-bond donors (Lipinski definition) is 0. The molecule has 1 aliphatic heterocycles. The number of rotatable bonds is 5. The van der Waals surface area contributed by atoms with Crippen molar-refractivity contribution in [2.45, 2.75) is 19.4 Å². The largest absolute Gasteiger partial charge is 0.497 e. The van der Waals surface area contributed by atoms with Crippen LogP contribution in [0.4, 0.5) is 0 Å². The highest BCUT2D eigenvalue weighted by atomic mass is 16.5. The van der Waals surface area contributed by atoms with Crippen LogP contribution in [0.25, 0.3) is 0 Å². The summed E-state index contributed by atoms with van der Waals surface area (Å²) in [6.45, 7) is 2.65. The first-order valence-electron chi connectivity index (χ1n) is 8.37.